The van der Waals surface area contributed by atoms with Gasteiger partial charge in [0.15, 0.2) is 5.72 Å². The SMILES string of the molecule is COC1(N2CCC2=O)C=CC=CC1. The maximum atomic E-state index is 11.3. The van der Waals surface area contributed by atoms with Crippen molar-refractivity contribution in [3.05, 3.63) is 24.3 Å². The number of β-lactam (4-membered cyclic amide) rings is 1. The maximum absolute atomic E-state index is 11.3. The summed E-state index contributed by atoms with van der Waals surface area (Å²) < 4.78 is 5.42. The van der Waals surface area contributed by atoms with Crippen molar-refractivity contribution in [3.8, 4) is 0 Å². The van der Waals surface area contributed by atoms with Crippen LogP contribution in [0.5, 0.6) is 0 Å². The Balaban J connectivity index is 2.20. The van der Waals surface area contributed by atoms with Crippen LogP contribution in [0.25, 0.3) is 0 Å². The van der Waals surface area contributed by atoms with E-state index in [1.165, 1.54) is 0 Å². The first-order chi connectivity index (χ1) is 6.28. The molecule has 13 heavy (non-hydrogen) atoms. The molecule has 1 heterocycles. The Morgan fingerprint density at radius 1 is 1.54 bits per heavy atom. The molecule has 2 rings (SSSR count). The molecular formula is C10H13NO2. The van der Waals surface area contributed by atoms with E-state index in [1.54, 1.807) is 12.0 Å². The number of methoxy groups -OCH3 is 1. The number of carbonyl (C=O) groups is 1. The smallest absolute Gasteiger partial charge is 0.226 e. The Hall–Kier alpha value is -1.09. The Morgan fingerprint density at radius 3 is 2.77 bits per heavy atom. The molecule has 1 unspecified atom stereocenters. The van der Waals surface area contributed by atoms with Crippen LogP contribution >= 0.6 is 0 Å². The summed E-state index contributed by atoms with van der Waals surface area (Å²) in [6.07, 6.45) is 9.29. The second-order valence-corrected chi connectivity index (χ2v) is 3.34. The maximum Gasteiger partial charge on any atom is 0.226 e. The molecule has 0 N–H and O–H groups in total. The molecule has 0 spiro atoms. The fourth-order valence-corrected chi connectivity index (χ4v) is 1.77. The van der Waals surface area contributed by atoms with Gasteiger partial charge in [0.1, 0.15) is 0 Å². The zero-order valence-corrected chi connectivity index (χ0v) is 7.69. The van der Waals surface area contributed by atoms with E-state index in [2.05, 4.69) is 0 Å². The Bertz CT molecular complexity index is 283. The lowest BCUT2D eigenvalue weighted by Gasteiger charge is -2.46. The van der Waals surface area contributed by atoms with Crippen molar-refractivity contribution in [2.24, 2.45) is 0 Å². The summed E-state index contributed by atoms with van der Waals surface area (Å²) >= 11 is 0. The van der Waals surface area contributed by atoms with Gasteiger partial charge in [-0.25, -0.2) is 0 Å². The number of carbonyl (C=O) groups excluding carboxylic acids is 1. The van der Waals surface area contributed by atoms with E-state index in [0.717, 1.165) is 13.0 Å². The lowest BCUT2D eigenvalue weighted by Crippen LogP contribution is -2.58. The molecule has 1 atom stereocenters. The van der Waals surface area contributed by atoms with Crippen LogP contribution in [-0.4, -0.2) is 30.2 Å². The quantitative estimate of drug-likeness (QED) is 0.593. The van der Waals surface area contributed by atoms with Gasteiger partial charge in [0.05, 0.1) is 0 Å². The summed E-state index contributed by atoms with van der Waals surface area (Å²) in [6, 6.07) is 0. The number of hydrogen-bond acceptors (Lipinski definition) is 2. The molecule has 0 bridgehead atoms. The fourth-order valence-electron chi connectivity index (χ4n) is 1.77. The summed E-state index contributed by atoms with van der Waals surface area (Å²) in [6.45, 7) is 0.810. The van der Waals surface area contributed by atoms with Crippen molar-refractivity contribution in [3.63, 3.8) is 0 Å². The summed E-state index contributed by atoms with van der Waals surface area (Å²) in [5.41, 5.74) is -0.496. The molecule has 0 aromatic heterocycles. The Kier molecular flexibility index (Phi) is 1.96. The third-order valence-corrected chi connectivity index (χ3v) is 2.67. The number of likely N-dealkylation sites (tertiary alicyclic amines) is 1. The minimum atomic E-state index is -0.496. The van der Waals surface area contributed by atoms with Gasteiger partial charge in [0.25, 0.3) is 0 Å². The van der Waals surface area contributed by atoms with Crippen molar-refractivity contribution in [2.45, 2.75) is 18.6 Å². The molecule has 1 aliphatic carbocycles. The predicted molar refractivity (Wildman–Crippen MR) is 49.0 cm³/mol. The summed E-state index contributed by atoms with van der Waals surface area (Å²) in [5, 5.41) is 0. The molecule has 2 aliphatic rings. The Labute approximate surface area is 77.7 Å². The number of nitrogens with zero attached hydrogens (tertiary/aromatic N) is 1. The fraction of sp³-hybridized carbons (Fsp3) is 0.500. The highest BCUT2D eigenvalue weighted by Gasteiger charge is 2.42. The number of rotatable bonds is 2. The number of hydrogen-bond donors (Lipinski definition) is 0. The first-order valence-electron chi connectivity index (χ1n) is 4.48. The van der Waals surface area contributed by atoms with Crippen molar-refractivity contribution in [1.82, 2.24) is 4.90 Å². The van der Waals surface area contributed by atoms with Gasteiger partial charge in [-0.05, 0) is 6.08 Å². The van der Waals surface area contributed by atoms with Crippen LogP contribution in [0.3, 0.4) is 0 Å². The van der Waals surface area contributed by atoms with E-state index in [1.807, 2.05) is 24.3 Å². The van der Waals surface area contributed by atoms with Gasteiger partial charge in [0, 0.05) is 26.5 Å². The van der Waals surface area contributed by atoms with Crippen molar-refractivity contribution < 1.29 is 9.53 Å². The minimum absolute atomic E-state index is 0.182. The predicted octanol–water partition coefficient (Wildman–Crippen LogP) is 1.08. The molecule has 0 saturated carbocycles. The zero-order valence-electron chi connectivity index (χ0n) is 7.69. The standard InChI is InChI=1S/C10H13NO2/c1-13-10(6-3-2-4-7-10)11-8-5-9(11)12/h2-4,6H,5,7-8H2,1H3. The van der Waals surface area contributed by atoms with Crippen LogP contribution in [0.2, 0.25) is 0 Å². The summed E-state index contributed by atoms with van der Waals surface area (Å²) in [4.78, 5) is 13.1. The first kappa shape index (κ1) is 8.51. The molecule has 70 valence electrons. The van der Waals surface area contributed by atoms with E-state index in [4.69, 9.17) is 4.74 Å². The second kappa shape index (κ2) is 3.00. The van der Waals surface area contributed by atoms with Crippen LogP contribution < -0.4 is 0 Å². The Morgan fingerprint density at radius 2 is 2.38 bits per heavy atom. The average Bonchev–Trinajstić information content (AvgIpc) is 2.17. The molecular weight excluding hydrogens is 166 g/mol. The van der Waals surface area contributed by atoms with Gasteiger partial charge < -0.3 is 9.64 Å². The number of ether oxygens (including phenoxy) is 1. The first-order valence-corrected chi connectivity index (χ1v) is 4.48. The van der Waals surface area contributed by atoms with Crippen molar-refractivity contribution in [2.75, 3.05) is 13.7 Å². The highest BCUT2D eigenvalue weighted by atomic mass is 16.5. The van der Waals surface area contributed by atoms with Crippen LogP contribution in [0.1, 0.15) is 12.8 Å². The molecule has 1 fully saturated rings. The van der Waals surface area contributed by atoms with E-state index in [-0.39, 0.29) is 5.91 Å². The summed E-state index contributed by atoms with van der Waals surface area (Å²) in [7, 11) is 1.65. The number of amides is 1. The molecule has 3 heteroatoms. The lowest BCUT2D eigenvalue weighted by molar-refractivity contribution is -0.171. The van der Waals surface area contributed by atoms with Crippen LogP contribution in [0.4, 0.5) is 0 Å². The van der Waals surface area contributed by atoms with E-state index >= 15 is 0 Å². The van der Waals surface area contributed by atoms with E-state index < -0.39 is 5.72 Å². The van der Waals surface area contributed by atoms with Gasteiger partial charge in [-0.2, -0.15) is 0 Å². The highest BCUT2D eigenvalue weighted by molar-refractivity contribution is 5.82. The monoisotopic (exact) mass is 179 g/mol. The topological polar surface area (TPSA) is 29.5 Å². The molecule has 3 nitrogen and oxygen atoms in total. The zero-order chi connectivity index (χ0) is 9.31. The minimum Gasteiger partial charge on any atom is -0.355 e. The van der Waals surface area contributed by atoms with E-state index in [0.29, 0.717) is 6.42 Å². The van der Waals surface area contributed by atoms with Gasteiger partial charge in [-0.1, -0.05) is 18.2 Å². The van der Waals surface area contributed by atoms with Gasteiger partial charge in [-0.15, -0.1) is 0 Å². The molecule has 0 aromatic rings. The molecule has 1 aliphatic heterocycles. The summed E-state index contributed by atoms with van der Waals surface area (Å²) in [5.74, 6) is 0.182. The molecule has 0 aromatic carbocycles. The third-order valence-electron chi connectivity index (χ3n) is 2.67. The number of allylic oxidation sites excluding steroid dienone is 2. The van der Waals surface area contributed by atoms with Gasteiger partial charge >= 0.3 is 0 Å². The van der Waals surface area contributed by atoms with Crippen molar-refractivity contribution >= 4 is 5.91 Å². The molecule has 0 radical (unpaired) electrons. The van der Waals surface area contributed by atoms with Crippen LogP contribution in [0, 0.1) is 0 Å². The van der Waals surface area contributed by atoms with Gasteiger partial charge in [-0.3, -0.25) is 4.79 Å². The third kappa shape index (κ3) is 1.20. The van der Waals surface area contributed by atoms with Crippen LogP contribution in [0.15, 0.2) is 24.3 Å². The largest absolute Gasteiger partial charge is 0.355 e. The van der Waals surface area contributed by atoms with E-state index in [9.17, 15) is 4.79 Å². The molecule has 1 amide bonds. The van der Waals surface area contributed by atoms with Gasteiger partial charge in [0.2, 0.25) is 5.91 Å². The molecule has 1 saturated heterocycles. The van der Waals surface area contributed by atoms with Crippen molar-refractivity contribution in [1.29, 1.82) is 0 Å². The highest BCUT2D eigenvalue weighted by Crippen LogP contribution is 2.31. The van der Waals surface area contributed by atoms with Crippen LogP contribution in [-0.2, 0) is 9.53 Å². The lowest BCUT2D eigenvalue weighted by atomic mass is 9.98. The normalized spacial score (nSPS) is 32.1. The average molecular weight is 179 g/mol. The second-order valence-electron chi connectivity index (χ2n) is 3.34.